The van der Waals surface area contributed by atoms with Gasteiger partial charge in [-0.25, -0.2) is 23.5 Å². The number of rotatable bonds is 6. The summed E-state index contributed by atoms with van der Waals surface area (Å²) in [5.74, 6) is 1.36. The Kier molecular flexibility index (Phi) is 13.4. The second-order valence-electron chi connectivity index (χ2n) is 9.83. The van der Waals surface area contributed by atoms with Crippen LogP contribution in [0.4, 0.5) is 17.5 Å². The number of thioether (sulfide) groups is 1. The van der Waals surface area contributed by atoms with Gasteiger partial charge < -0.3 is 14.6 Å². The summed E-state index contributed by atoms with van der Waals surface area (Å²) in [6, 6.07) is 3.46. The molecule has 14 heteroatoms. The van der Waals surface area contributed by atoms with Gasteiger partial charge in [0.2, 0.25) is 5.88 Å². The minimum absolute atomic E-state index is 0.00852. The van der Waals surface area contributed by atoms with Crippen molar-refractivity contribution in [3.8, 4) is 18.2 Å². The molecule has 1 saturated carbocycles. The summed E-state index contributed by atoms with van der Waals surface area (Å²) in [5.41, 5.74) is -0.282. The molecule has 4 atom stereocenters. The molecule has 0 bridgehead atoms. The highest BCUT2D eigenvalue weighted by atomic mass is 32.2. The third kappa shape index (κ3) is 9.65. The number of aliphatic imine (C=N–C) groups is 1. The van der Waals surface area contributed by atoms with Gasteiger partial charge in [-0.15, -0.1) is 10.3 Å². The normalized spacial score (nSPS) is 20.4. The molecule has 1 amide bonds. The molecule has 0 spiro atoms. The van der Waals surface area contributed by atoms with Crippen molar-refractivity contribution < 1.29 is 36.8 Å². The van der Waals surface area contributed by atoms with Gasteiger partial charge in [-0.1, -0.05) is 44.5 Å². The van der Waals surface area contributed by atoms with E-state index >= 15 is 4.39 Å². The molecular formula is C29H33F3N4O5S2. The number of fused-ring (bicyclic) bond motifs is 1. The number of carbonyl (C=O) groups is 2. The number of amides is 1. The van der Waals surface area contributed by atoms with Crippen LogP contribution in [0.5, 0.6) is 5.88 Å². The lowest BCUT2D eigenvalue weighted by Crippen LogP contribution is -2.36. The van der Waals surface area contributed by atoms with E-state index < -0.39 is 29.4 Å². The molecule has 1 aliphatic heterocycles. The first-order chi connectivity index (χ1) is 20.4. The minimum Gasteiger partial charge on any atom is -0.483 e. The maximum Gasteiger partial charge on any atom is 0.428 e. The number of hydrogen-bond donors (Lipinski definition) is 1. The Balaban J connectivity index is 0.00000121. The van der Waals surface area contributed by atoms with Crippen molar-refractivity contribution in [3.05, 3.63) is 53.2 Å². The van der Waals surface area contributed by atoms with Crippen molar-refractivity contribution in [1.29, 1.82) is 0 Å². The van der Waals surface area contributed by atoms with E-state index in [0.29, 0.717) is 5.56 Å². The minimum atomic E-state index is -0.905. The SMILES string of the molecule is C#CCOc1cnc(/C(F)=C/c2ccc(F)c(C3N=C(N(SF)C(=O)OC(C)(C)C)SC4C3[C@@H]4C)c2)cn1.CC.O=CO. The van der Waals surface area contributed by atoms with E-state index in [9.17, 15) is 13.1 Å². The van der Waals surface area contributed by atoms with Crippen LogP contribution in [-0.2, 0) is 9.53 Å². The monoisotopic (exact) mass is 638 g/mol. The first-order valence-corrected chi connectivity index (χ1v) is 14.7. The molecule has 2 aliphatic rings. The Labute approximate surface area is 257 Å². The first kappa shape index (κ1) is 35.5. The molecule has 1 N–H and O–H groups in total. The molecule has 1 aromatic heterocycles. The number of hydrogen-bond acceptors (Lipinski definition) is 9. The quantitative estimate of drug-likeness (QED) is 0.197. The van der Waals surface area contributed by atoms with Crippen LogP contribution in [0.3, 0.4) is 0 Å². The molecule has 2 aromatic rings. The van der Waals surface area contributed by atoms with E-state index in [1.165, 1.54) is 48.4 Å². The van der Waals surface area contributed by atoms with Gasteiger partial charge in [0, 0.05) is 16.7 Å². The Hall–Kier alpha value is -3.70. The predicted octanol–water partition coefficient (Wildman–Crippen LogP) is 7.37. The van der Waals surface area contributed by atoms with Gasteiger partial charge in [-0.2, -0.15) is 4.31 Å². The molecule has 1 aliphatic carbocycles. The number of nitrogens with zero attached hydrogens (tertiary/aromatic N) is 4. The van der Waals surface area contributed by atoms with E-state index in [1.807, 2.05) is 20.8 Å². The fourth-order valence-corrected chi connectivity index (χ4v) is 5.87. The van der Waals surface area contributed by atoms with E-state index in [2.05, 4.69) is 20.9 Å². The summed E-state index contributed by atoms with van der Waals surface area (Å²) in [6.07, 6.45) is 7.88. The smallest absolute Gasteiger partial charge is 0.428 e. The summed E-state index contributed by atoms with van der Waals surface area (Å²) in [4.78, 5) is 33.4. The molecule has 232 valence electrons. The Morgan fingerprint density at radius 1 is 1.28 bits per heavy atom. The summed E-state index contributed by atoms with van der Waals surface area (Å²) >= 11 is 0.947. The Morgan fingerprint density at radius 3 is 2.51 bits per heavy atom. The van der Waals surface area contributed by atoms with Gasteiger partial charge in [-0.3, -0.25) is 9.79 Å². The molecule has 9 nitrogen and oxygen atoms in total. The Bertz CT molecular complexity index is 1360. The van der Waals surface area contributed by atoms with Gasteiger partial charge in [-0.05, 0) is 50.5 Å². The van der Waals surface area contributed by atoms with Gasteiger partial charge >= 0.3 is 6.09 Å². The van der Waals surface area contributed by atoms with Crippen LogP contribution in [0.2, 0.25) is 0 Å². The second-order valence-corrected chi connectivity index (χ2v) is 11.5. The maximum absolute atomic E-state index is 15.0. The molecular weight excluding hydrogens is 605 g/mol. The van der Waals surface area contributed by atoms with Crippen molar-refractivity contribution in [2.45, 2.75) is 58.4 Å². The van der Waals surface area contributed by atoms with Crippen molar-refractivity contribution in [1.82, 2.24) is 14.3 Å². The summed E-state index contributed by atoms with van der Waals surface area (Å²) in [7, 11) is 0. The van der Waals surface area contributed by atoms with E-state index in [4.69, 9.17) is 25.8 Å². The van der Waals surface area contributed by atoms with E-state index in [0.717, 1.165) is 4.31 Å². The van der Waals surface area contributed by atoms with Crippen LogP contribution in [0.25, 0.3) is 11.9 Å². The zero-order valence-electron chi connectivity index (χ0n) is 24.5. The van der Waals surface area contributed by atoms with Crippen molar-refractivity contribution in [2.75, 3.05) is 6.61 Å². The lowest BCUT2D eigenvalue weighted by molar-refractivity contribution is -0.122. The lowest BCUT2D eigenvalue weighted by atomic mass is 9.98. The van der Waals surface area contributed by atoms with Crippen LogP contribution in [0.1, 0.15) is 64.4 Å². The number of halogens is 3. The number of benzene rings is 1. The molecule has 1 aromatic carbocycles. The first-order valence-electron chi connectivity index (χ1n) is 13.1. The molecule has 2 heterocycles. The number of ether oxygens (including phenoxy) is 2. The highest BCUT2D eigenvalue weighted by Crippen LogP contribution is 2.60. The summed E-state index contributed by atoms with van der Waals surface area (Å²) in [5, 5.41) is 7.00. The van der Waals surface area contributed by atoms with Crippen LogP contribution < -0.4 is 4.74 Å². The Morgan fingerprint density at radius 2 is 1.95 bits per heavy atom. The molecule has 0 radical (unpaired) electrons. The third-order valence-electron chi connectivity index (χ3n) is 5.83. The largest absolute Gasteiger partial charge is 0.483 e. The van der Waals surface area contributed by atoms with Crippen molar-refractivity contribution in [3.63, 3.8) is 0 Å². The standard InChI is InChI=1S/C26H25F3N4O3S2.C2H6.CH2O2/c1-6-9-35-20-13-30-19(12-31-20)18(28)11-15-7-8-17(27)16(10-15)22-21-14(2)23(21)37-24(32-22)33(38-29)25(34)36-26(3,4)5;1-2;2-1-3/h1,7-8,10-14,21-23H,9H2,2-5H3;1-2H3;1H,(H,2,3)/b18-11-;;/t14-,21?,22?,23?;;/m0../s1. The van der Waals surface area contributed by atoms with E-state index in [-0.39, 0.29) is 64.8 Å². The topological polar surface area (TPSA) is 114 Å². The molecule has 4 rings (SSSR count). The van der Waals surface area contributed by atoms with Gasteiger partial charge in [0.1, 0.15) is 17.1 Å². The number of aromatic nitrogens is 2. The maximum atomic E-state index is 15.0. The summed E-state index contributed by atoms with van der Waals surface area (Å²) in [6.45, 7) is 10.8. The van der Waals surface area contributed by atoms with Crippen LogP contribution >= 0.6 is 24.1 Å². The summed E-state index contributed by atoms with van der Waals surface area (Å²) < 4.78 is 55.0. The highest BCUT2D eigenvalue weighted by molar-refractivity contribution is 8.15. The van der Waals surface area contributed by atoms with Gasteiger partial charge in [0.15, 0.2) is 29.9 Å². The lowest BCUT2D eigenvalue weighted by Gasteiger charge is -2.27. The van der Waals surface area contributed by atoms with E-state index in [1.54, 1.807) is 20.8 Å². The van der Waals surface area contributed by atoms with Gasteiger partial charge in [0.05, 0.1) is 18.4 Å². The zero-order valence-corrected chi connectivity index (χ0v) is 26.1. The number of amidine groups is 1. The molecule has 43 heavy (non-hydrogen) atoms. The predicted molar refractivity (Wildman–Crippen MR) is 163 cm³/mol. The average Bonchev–Trinajstić information content (AvgIpc) is 3.63. The van der Waals surface area contributed by atoms with Gasteiger partial charge in [0.25, 0.3) is 6.47 Å². The fraction of sp³-hybridized carbons (Fsp3) is 0.414. The zero-order chi connectivity index (χ0) is 32.3. The molecule has 3 unspecified atom stereocenters. The highest BCUT2D eigenvalue weighted by Gasteiger charge is 2.57. The number of carboxylic acid groups (broad SMARTS) is 1. The second kappa shape index (κ2) is 16.2. The molecule has 1 fully saturated rings. The fourth-order valence-electron chi connectivity index (χ4n) is 4.01. The van der Waals surface area contributed by atoms with Crippen LogP contribution in [0.15, 0.2) is 35.6 Å². The van der Waals surface area contributed by atoms with Crippen LogP contribution in [-0.4, -0.2) is 54.6 Å². The average molecular weight is 639 g/mol. The number of carbonyl (C=O) groups excluding carboxylic acids is 1. The van der Waals surface area contributed by atoms with Crippen LogP contribution in [0, 0.1) is 30.0 Å². The van der Waals surface area contributed by atoms with Crippen molar-refractivity contribution in [2.24, 2.45) is 16.8 Å². The third-order valence-corrected chi connectivity index (χ3v) is 7.92. The van der Waals surface area contributed by atoms with Crippen molar-refractivity contribution >= 4 is 53.7 Å². The molecule has 0 saturated heterocycles. The number of terminal acetylenes is 1.